The van der Waals surface area contributed by atoms with Crippen molar-refractivity contribution in [2.45, 2.75) is 75.9 Å². The fraction of sp³-hybridized carbons (Fsp3) is 0.933. The summed E-state index contributed by atoms with van der Waals surface area (Å²) >= 11 is 0. The van der Waals surface area contributed by atoms with Gasteiger partial charge in [-0.25, -0.2) is 0 Å². The molecule has 110 valence electrons. The second kappa shape index (κ2) is 6.71. The number of carbonyl (C=O) groups excluding carboxylic acids is 1. The van der Waals surface area contributed by atoms with Gasteiger partial charge in [-0.2, -0.15) is 0 Å². The van der Waals surface area contributed by atoms with Crippen LogP contribution in [0.25, 0.3) is 0 Å². The topological polar surface area (TPSA) is 75.4 Å². The molecule has 2 saturated carbocycles. The largest absolute Gasteiger partial charge is 0.388 e. The monoisotopic (exact) mass is 268 g/mol. The zero-order valence-corrected chi connectivity index (χ0v) is 11.9. The van der Waals surface area contributed by atoms with Crippen molar-refractivity contribution in [2.75, 3.05) is 6.54 Å². The summed E-state index contributed by atoms with van der Waals surface area (Å²) in [6.45, 7) is 0.398. The third-order valence-corrected chi connectivity index (χ3v) is 4.78. The molecular formula is C15H28N2O2. The summed E-state index contributed by atoms with van der Waals surface area (Å²) in [5.41, 5.74) is 5.42. The third-order valence-electron chi connectivity index (χ3n) is 4.78. The third kappa shape index (κ3) is 4.18. The highest BCUT2D eigenvalue weighted by Gasteiger charge is 2.32. The van der Waals surface area contributed by atoms with Gasteiger partial charge < -0.3 is 16.2 Å². The second-order valence-corrected chi connectivity index (χ2v) is 6.41. The Labute approximate surface area is 116 Å². The highest BCUT2D eigenvalue weighted by molar-refractivity contribution is 5.79. The Hall–Kier alpha value is -0.610. The predicted molar refractivity (Wildman–Crippen MR) is 75.6 cm³/mol. The van der Waals surface area contributed by atoms with E-state index in [9.17, 15) is 9.90 Å². The zero-order chi connectivity index (χ0) is 13.7. The quantitative estimate of drug-likeness (QED) is 0.682. The molecule has 2 aliphatic carbocycles. The molecule has 2 atom stereocenters. The summed E-state index contributed by atoms with van der Waals surface area (Å²) in [5.74, 6) is -0.0110. The molecule has 19 heavy (non-hydrogen) atoms. The Morgan fingerprint density at radius 2 is 1.74 bits per heavy atom. The lowest BCUT2D eigenvalue weighted by Crippen LogP contribution is -2.48. The van der Waals surface area contributed by atoms with Gasteiger partial charge in [-0.15, -0.1) is 0 Å². The zero-order valence-electron chi connectivity index (χ0n) is 11.9. The van der Waals surface area contributed by atoms with Crippen LogP contribution < -0.4 is 11.1 Å². The van der Waals surface area contributed by atoms with E-state index in [1.807, 2.05) is 0 Å². The molecule has 0 aromatic rings. The van der Waals surface area contributed by atoms with E-state index in [1.165, 1.54) is 12.8 Å². The first-order valence-electron chi connectivity index (χ1n) is 7.86. The van der Waals surface area contributed by atoms with Crippen LogP contribution in [0.3, 0.4) is 0 Å². The van der Waals surface area contributed by atoms with Gasteiger partial charge in [0.2, 0.25) is 5.91 Å². The Morgan fingerprint density at radius 3 is 2.47 bits per heavy atom. The van der Waals surface area contributed by atoms with Crippen LogP contribution in [-0.2, 0) is 4.79 Å². The Kier molecular flexibility index (Phi) is 5.22. The van der Waals surface area contributed by atoms with E-state index in [4.69, 9.17) is 5.73 Å². The summed E-state index contributed by atoms with van der Waals surface area (Å²) < 4.78 is 0. The van der Waals surface area contributed by atoms with Gasteiger partial charge in [0.05, 0.1) is 11.5 Å². The average Bonchev–Trinajstić information content (AvgIpc) is 2.62. The van der Waals surface area contributed by atoms with Gasteiger partial charge in [0.25, 0.3) is 0 Å². The van der Waals surface area contributed by atoms with E-state index in [-0.39, 0.29) is 17.9 Å². The first kappa shape index (κ1) is 14.8. The van der Waals surface area contributed by atoms with Crippen molar-refractivity contribution >= 4 is 5.91 Å². The van der Waals surface area contributed by atoms with E-state index in [2.05, 4.69) is 5.32 Å². The molecule has 2 aliphatic rings. The van der Waals surface area contributed by atoms with Crippen molar-refractivity contribution in [1.82, 2.24) is 5.32 Å². The van der Waals surface area contributed by atoms with Crippen molar-refractivity contribution in [3.63, 3.8) is 0 Å². The Bertz CT molecular complexity index is 301. The van der Waals surface area contributed by atoms with Gasteiger partial charge in [0.1, 0.15) is 0 Å². The van der Waals surface area contributed by atoms with E-state index in [0.717, 1.165) is 51.4 Å². The SMILES string of the molecule is NC1CCCCCC1C(=O)NCC1(O)CCCCC1. The first-order chi connectivity index (χ1) is 9.11. The van der Waals surface area contributed by atoms with E-state index < -0.39 is 5.60 Å². The summed E-state index contributed by atoms with van der Waals surface area (Å²) in [5, 5.41) is 13.3. The number of aliphatic hydroxyl groups is 1. The summed E-state index contributed by atoms with van der Waals surface area (Å²) in [6.07, 6.45) is 10.2. The van der Waals surface area contributed by atoms with Crippen LogP contribution in [0, 0.1) is 5.92 Å². The van der Waals surface area contributed by atoms with Crippen molar-refractivity contribution in [3.05, 3.63) is 0 Å². The molecule has 1 amide bonds. The van der Waals surface area contributed by atoms with E-state index >= 15 is 0 Å². The summed E-state index contributed by atoms with van der Waals surface area (Å²) in [7, 11) is 0. The maximum absolute atomic E-state index is 12.2. The molecule has 4 heteroatoms. The Morgan fingerprint density at radius 1 is 1.11 bits per heavy atom. The second-order valence-electron chi connectivity index (χ2n) is 6.41. The first-order valence-corrected chi connectivity index (χ1v) is 7.86. The molecule has 2 unspecified atom stereocenters. The average molecular weight is 268 g/mol. The molecule has 0 radical (unpaired) electrons. The van der Waals surface area contributed by atoms with Crippen LogP contribution in [-0.4, -0.2) is 29.2 Å². The molecular weight excluding hydrogens is 240 g/mol. The normalized spacial score (nSPS) is 31.5. The molecule has 0 aliphatic heterocycles. The molecule has 0 spiro atoms. The molecule has 0 aromatic carbocycles. The molecule has 0 aromatic heterocycles. The predicted octanol–water partition coefficient (Wildman–Crippen LogP) is 1.71. The number of carbonyl (C=O) groups is 1. The number of hydrogen-bond acceptors (Lipinski definition) is 3. The molecule has 0 bridgehead atoms. The number of hydrogen-bond donors (Lipinski definition) is 3. The molecule has 0 heterocycles. The van der Waals surface area contributed by atoms with Gasteiger partial charge in [-0.1, -0.05) is 38.5 Å². The van der Waals surface area contributed by atoms with Crippen molar-refractivity contribution in [1.29, 1.82) is 0 Å². The van der Waals surface area contributed by atoms with E-state index in [1.54, 1.807) is 0 Å². The fourth-order valence-corrected chi connectivity index (χ4v) is 3.43. The number of nitrogens with one attached hydrogen (secondary N) is 1. The van der Waals surface area contributed by atoms with E-state index in [0.29, 0.717) is 6.54 Å². The lowest BCUT2D eigenvalue weighted by molar-refractivity contribution is -0.127. The van der Waals surface area contributed by atoms with Crippen molar-refractivity contribution in [3.8, 4) is 0 Å². The summed E-state index contributed by atoms with van der Waals surface area (Å²) in [4.78, 5) is 12.2. The highest BCUT2D eigenvalue weighted by atomic mass is 16.3. The lowest BCUT2D eigenvalue weighted by Gasteiger charge is -2.33. The van der Waals surface area contributed by atoms with Crippen molar-refractivity contribution in [2.24, 2.45) is 11.7 Å². The molecule has 0 saturated heterocycles. The molecule has 4 N–H and O–H groups in total. The minimum Gasteiger partial charge on any atom is -0.388 e. The lowest BCUT2D eigenvalue weighted by atomic mass is 9.84. The standard InChI is InChI=1S/C15H28N2O2/c16-13-8-4-1-3-7-12(13)14(18)17-11-15(19)9-5-2-6-10-15/h12-13,19H,1-11,16H2,(H,17,18). The van der Waals surface area contributed by atoms with Crippen LogP contribution in [0.5, 0.6) is 0 Å². The van der Waals surface area contributed by atoms with Gasteiger partial charge >= 0.3 is 0 Å². The molecule has 2 rings (SSSR count). The number of amides is 1. The van der Waals surface area contributed by atoms with Crippen LogP contribution in [0.15, 0.2) is 0 Å². The van der Waals surface area contributed by atoms with Gasteiger partial charge in [-0.05, 0) is 25.7 Å². The van der Waals surface area contributed by atoms with Gasteiger partial charge in [-0.3, -0.25) is 4.79 Å². The van der Waals surface area contributed by atoms with Crippen LogP contribution in [0.4, 0.5) is 0 Å². The summed E-state index contributed by atoms with van der Waals surface area (Å²) in [6, 6.07) is -0.0106. The van der Waals surface area contributed by atoms with Gasteiger partial charge in [0.15, 0.2) is 0 Å². The van der Waals surface area contributed by atoms with Crippen molar-refractivity contribution < 1.29 is 9.90 Å². The maximum atomic E-state index is 12.2. The number of rotatable bonds is 3. The smallest absolute Gasteiger partial charge is 0.224 e. The Balaban J connectivity index is 1.82. The van der Waals surface area contributed by atoms with Crippen LogP contribution in [0.2, 0.25) is 0 Å². The van der Waals surface area contributed by atoms with Gasteiger partial charge in [0, 0.05) is 12.6 Å². The van der Waals surface area contributed by atoms with Crippen LogP contribution >= 0.6 is 0 Å². The minimum atomic E-state index is -0.678. The fourth-order valence-electron chi connectivity index (χ4n) is 3.43. The molecule has 4 nitrogen and oxygen atoms in total. The molecule has 2 fully saturated rings. The minimum absolute atomic E-state index is 0.0106. The van der Waals surface area contributed by atoms with Crippen LogP contribution in [0.1, 0.15) is 64.2 Å². The number of nitrogens with two attached hydrogens (primary N) is 1. The maximum Gasteiger partial charge on any atom is 0.224 e. The highest BCUT2D eigenvalue weighted by Crippen LogP contribution is 2.28.